The number of benzene rings is 1. The molecule has 0 fully saturated rings. The van der Waals surface area contributed by atoms with Crippen molar-refractivity contribution in [3.63, 3.8) is 0 Å². The van der Waals surface area contributed by atoms with Gasteiger partial charge in [0.1, 0.15) is 18.2 Å². The second-order valence-electron chi connectivity index (χ2n) is 3.05. The summed E-state index contributed by atoms with van der Waals surface area (Å²) >= 11 is 0. The molecule has 0 N–H and O–H groups in total. The number of rotatable bonds is 4. The number of ether oxygens (including phenoxy) is 1. The standard InChI is InChI=1S/C11H11FO2/c1-8(2)7-14-11-4-3-10(12)5-9(11)6-13/h3-6H,1,7H2,2H3. The molecule has 14 heavy (non-hydrogen) atoms. The molecule has 3 heteroatoms. The molecule has 74 valence electrons. The second-order valence-corrected chi connectivity index (χ2v) is 3.05. The van der Waals surface area contributed by atoms with Crippen LogP contribution in [0.5, 0.6) is 5.75 Å². The summed E-state index contributed by atoms with van der Waals surface area (Å²) in [6, 6.07) is 3.82. The van der Waals surface area contributed by atoms with E-state index in [0.29, 0.717) is 18.6 Å². The minimum absolute atomic E-state index is 0.214. The first-order valence-electron chi connectivity index (χ1n) is 4.15. The number of carbonyl (C=O) groups is 1. The molecule has 0 saturated carbocycles. The van der Waals surface area contributed by atoms with Crippen molar-refractivity contribution < 1.29 is 13.9 Å². The topological polar surface area (TPSA) is 26.3 Å². The number of halogens is 1. The molecule has 1 aromatic carbocycles. The van der Waals surface area contributed by atoms with Gasteiger partial charge in [0, 0.05) is 0 Å². The summed E-state index contributed by atoms with van der Waals surface area (Å²) < 4.78 is 17.9. The third kappa shape index (κ3) is 2.69. The first kappa shape index (κ1) is 10.4. The Morgan fingerprint density at radius 3 is 2.93 bits per heavy atom. The van der Waals surface area contributed by atoms with Crippen LogP contribution >= 0.6 is 0 Å². The van der Waals surface area contributed by atoms with Crippen molar-refractivity contribution >= 4 is 6.29 Å². The lowest BCUT2D eigenvalue weighted by Crippen LogP contribution is -2.00. The van der Waals surface area contributed by atoms with Crippen LogP contribution in [0.4, 0.5) is 4.39 Å². The van der Waals surface area contributed by atoms with Gasteiger partial charge in [-0.15, -0.1) is 0 Å². The van der Waals surface area contributed by atoms with E-state index in [9.17, 15) is 9.18 Å². The summed E-state index contributed by atoms with van der Waals surface area (Å²) in [5.74, 6) is -0.0702. The SMILES string of the molecule is C=C(C)COc1ccc(F)cc1C=O. The number of aldehydes is 1. The van der Waals surface area contributed by atoms with Crippen molar-refractivity contribution in [1.29, 1.82) is 0 Å². The summed E-state index contributed by atoms with van der Waals surface area (Å²) in [5.41, 5.74) is 1.05. The molecule has 0 amide bonds. The lowest BCUT2D eigenvalue weighted by Gasteiger charge is -2.07. The monoisotopic (exact) mass is 194 g/mol. The highest BCUT2D eigenvalue weighted by atomic mass is 19.1. The molecule has 0 aliphatic heterocycles. The van der Waals surface area contributed by atoms with E-state index < -0.39 is 5.82 Å². The van der Waals surface area contributed by atoms with E-state index in [1.807, 2.05) is 6.92 Å². The molecule has 0 atom stereocenters. The molecule has 0 radical (unpaired) electrons. The van der Waals surface area contributed by atoms with E-state index in [2.05, 4.69) is 6.58 Å². The van der Waals surface area contributed by atoms with Gasteiger partial charge in [-0.2, -0.15) is 0 Å². The van der Waals surface area contributed by atoms with Gasteiger partial charge in [-0.1, -0.05) is 6.58 Å². The molecule has 1 aromatic rings. The maximum atomic E-state index is 12.7. The van der Waals surface area contributed by atoms with Crippen molar-refractivity contribution in [1.82, 2.24) is 0 Å². The van der Waals surface area contributed by atoms with E-state index in [1.54, 1.807) is 0 Å². The first-order chi connectivity index (χ1) is 6.63. The Hall–Kier alpha value is -1.64. The fraction of sp³-hybridized carbons (Fsp3) is 0.182. The number of hydrogen-bond acceptors (Lipinski definition) is 2. The highest BCUT2D eigenvalue weighted by molar-refractivity contribution is 5.79. The molecule has 0 aliphatic carbocycles. The third-order valence-electron chi connectivity index (χ3n) is 1.57. The fourth-order valence-electron chi connectivity index (χ4n) is 0.944. The van der Waals surface area contributed by atoms with Gasteiger partial charge in [-0.3, -0.25) is 4.79 Å². The second kappa shape index (κ2) is 4.56. The first-order valence-corrected chi connectivity index (χ1v) is 4.15. The molecule has 2 nitrogen and oxygen atoms in total. The molecule has 0 bridgehead atoms. The van der Waals surface area contributed by atoms with Gasteiger partial charge in [0.25, 0.3) is 0 Å². The van der Waals surface area contributed by atoms with Gasteiger partial charge in [-0.25, -0.2) is 4.39 Å². The van der Waals surface area contributed by atoms with E-state index in [4.69, 9.17) is 4.74 Å². The smallest absolute Gasteiger partial charge is 0.153 e. The van der Waals surface area contributed by atoms with Crippen LogP contribution in [0.15, 0.2) is 30.4 Å². The Labute approximate surface area is 82.0 Å². The maximum Gasteiger partial charge on any atom is 0.153 e. The lowest BCUT2D eigenvalue weighted by molar-refractivity contribution is 0.111. The van der Waals surface area contributed by atoms with E-state index in [0.717, 1.165) is 11.6 Å². The Morgan fingerprint density at radius 2 is 2.36 bits per heavy atom. The van der Waals surface area contributed by atoms with Gasteiger partial charge in [0.05, 0.1) is 5.56 Å². The quantitative estimate of drug-likeness (QED) is 0.544. The Kier molecular flexibility index (Phi) is 3.40. The minimum atomic E-state index is -0.449. The molecular formula is C11H11FO2. The summed E-state index contributed by atoms with van der Waals surface area (Å²) in [7, 11) is 0. The van der Waals surface area contributed by atoms with Crippen LogP contribution in [0.2, 0.25) is 0 Å². The van der Waals surface area contributed by atoms with Crippen LogP contribution in [0.1, 0.15) is 17.3 Å². The minimum Gasteiger partial charge on any atom is -0.489 e. The van der Waals surface area contributed by atoms with Crippen LogP contribution in [-0.2, 0) is 0 Å². The summed E-state index contributed by atoms with van der Waals surface area (Å²) in [5, 5.41) is 0. The molecule has 0 saturated heterocycles. The molecular weight excluding hydrogens is 183 g/mol. The highest BCUT2D eigenvalue weighted by Crippen LogP contribution is 2.18. The Morgan fingerprint density at radius 1 is 1.64 bits per heavy atom. The Balaban J connectivity index is 2.85. The van der Waals surface area contributed by atoms with Gasteiger partial charge < -0.3 is 4.74 Å². The molecule has 0 aromatic heterocycles. The fourth-order valence-corrected chi connectivity index (χ4v) is 0.944. The summed E-state index contributed by atoms with van der Waals surface area (Å²) in [4.78, 5) is 10.6. The number of hydrogen-bond donors (Lipinski definition) is 0. The third-order valence-corrected chi connectivity index (χ3v) is 1.57. The van der Waals surface area contributed by atoms with Crippen molar-refractivity contribution in [2.24, 2.45) is 0 Å². The van der Waals surface area contributed by atoms with Crippen molar-refractivity contribution in [2.75, 3.05) is 6.61 Å². The van der Waals surface area contributed by atoms with Crippen molar-refractivity contribution in [3.8, 4) is 5.75 Å². The largest absolute Gasteiger partial charge is 0.489 e. The average Bonchev–Trinajstić information content (AvgIpc) is 2.15. The van der Waals surface area contributed by atoms with Gasteiger partial charge in [0.2, 0.25) is 0 Å². The van der Waals surface area contributed by atoms with Crippen molar-refractivity contribution in [3.05, 3.63) is 41.7 Å². The van der Waals surface area contributed by atoms with Crippen LogP contribution in [-0.4, -0.2) is 12.9 Å². The molecule has 0 heterocycles. The van der Waals surface area contributed by atoms with Crippen LogP contribution in [0.3, 0.4) is 0 Å². The molecule has 0 aliphatic rings. The van der Waals surface area contributed by atoms with Gasteiger partial charge >= 0.3 is 0 Å². The van der Waals surface area contributed by atoms with Crippen LogP contribution in [0.25, 0.3) is 0 Å². The molecule has 0 unspecified atom stereocenters. The Bertz CT molecular complexity index is 358. The van der Waals surface area contributed by atoms with E-state index in [-0.39, 0.29) is 5.56 Å². The zero-order valence-electron chi connectivity index (χ0n) is 7.92. The van der Waals surface area contributed by atoms with Gasteiger partial charge in [0.15, 0.2) is 6.29 Å². The lowest BCUT2D eigenvalue weighted by atomic mass is 10.2. The van der Waals surface area contributed by atoms with E-state index in [1.165, 1.54) is 12.1 Å². The molecule has 0 spiro atoms. The highest BCUT2D eigenvalue weighted by Gasteiger charge is 2.03. The van der Waals surface area contributed by atoms with Crippen LogP contribution < -0.4 is 4.74 Å². The zero-order chi connectivity index (χ0) is 10.6. The molecule has 1 rings (SSSR count). The predicted octanol–water partition coefficient (Wildman–Crippen LogP) is 2.59. The average molecular weight is 194 g/mol. The zero-order valence-corrected chi connectivity index (χ0v) is 7.92. The number of carbonyl (C=O) groups excluding carboxylic acids is 1. The summed E-state index contributed by atoms with van der Waals surface area (Å²) in [6.07, 6.45) is 0.566. The van der Waals surface area contributed by atoms with Crippen LogP contribution in [0, 0.1) is 5.82 Å². The maximum absolute atomic E-state index is 12.7. The van der Waals surface area contributed by atoms with Gasteiger partial charge in [-0.05, 0) is 30.7 Å². The summed E-state index contributed by atoms with van der Waals surface area (Å²) in [6.45, 7) is 5.79. The normalized spacial score (nSPS) is 9.57. The predicted molar refractivity (Wildman–Crippen MR) is 52.1 cm³/mol. The van der Waals surface area contributed by atoms with Crippen molar-refractivity contribution in [2.45, 2.75) is 6.92 Å². The van der Waals surface area contributed by atoms with E-state index >= 15 is 0 Å².